The summed E-state index contributed by atoms with van der Waals surface area (Å²) in [5.41, 5.74) is 2.01. The van der Waals surface area contributed by atoms with Crippen LogP contribution in [0.2, 0.25) is 0 Å². The van der Waals surface area contributed by atoms with Gasteiger partial charge in [-0.05, 0) is 37.6 Å². The van der Waals surface area contributed by atoms with Gasteiger partial charge in [-0.1, -0.05) is 18.2 Å². The van der Waals surface area contributed by atoms with E-state index >= 15 is 0 Å². The average Bonchev–Trinajstić information content (AvgIpc) is 2.35. The first-order chi connectivity index (χ1) is 8.31. The van der Waals surface area contributed by atoms with Gasteiger partial charge in [-0.15, -0.1) is 0 Å². The SMILES string of the molecule is CCNc1cccnc1Oc1ccccc1C. The van der Waals surface area contributed by atoms with E-state index in [9.17, 15) is 0 Å². The van der Waals surface area contributed by atoms with Gasteiger partial charge in [-0.3, -0.25) is 0 Å². The van der Waals surface area contributed by atoms with Crippen LogP contribution in [-0.2, 0) is 0 Å². The summed E-state index contributed by atoms with van der Waals surface area (Å²) in [6.07, 6.45) is 1.73. The van der Waals surface area contributed by atoms with Gasteiger partial charge >= 0.3 is 0 Å². The topological polar surface area (TPSA) is 34.2 Å². The van der Waals surface area contributed by atoms with Crippen LogP contribution in [0.15, 0.2) is 42.6 Å². The molecule has 1 N–H and O–H groups in total. The summed E-state index contributed by atoms with van der Waals surface area (Å²) in [7, 11) is 0. The molecule has 88 valence electrons. The molecular weight excluding hydrogens is 212 g/mol. The summed E-state index contributed by atoms with van der Waals surface area (Å²) in [5.74, 6) is 1.45. The van der Waals surface area contributed by atoms with E-state index in [4.69, 9.17) is 4.74 Å². The molecule has 0 fully saturated rings. The predicted molar refractivity (Wildman–Crippen MR) is 69.7 cm³/mol. The molecule has 1 heterocycles. The van der Waals surface area contributed by atoms with Crippen molar-refractivity contribution >= 4 is 5.69 Å². The summed E-state index contributed by atoms with van der Waals surface area (Å²) < 4.78 is 5.82. The molecule has 0 saturated carbocycles. The molecule has 0 aliphatic heterocycles. The highest BCUT2D eigenvalue weighted by molar-refractivity contribution is 5.53. The van der Waals surface area contributed by atoms with Crippen molar-refractivity contribution in [1.82, 2.24) is 4.98 Å². The standard InChI is InChI=1S/C14H16N2O/c1-3-15-12-8-6-10-16-14(12)17-13-9-5-4-7-11(13)2/h4-10,15H,3H2,1-2H3. The highest BCUT2D eigenvalue weighted by Gasteiger charge is 2.06. The minimum Gasteiger partial charge on any atom is -0.437 e. The number of anilines is 1. The minimum atomic E-state index is 0.614. The number of aryl methyl sites for hydroxylation is 1. The number of nitrogens with one attached hydrogen (secondary N) is 1. The van der Waals surface area contributed by atoms with Gasteiger partial charge < -0.3 is 10.1 Å². The Hall–Kier alpha value is -2.03. The molecule has 0 radical (unpaired) electrons. The molecule has 3 heteroatoms. The summed E-state index contributed by atoms with van der Waals surface area (Å²) >= 11 is 0. The van der Waals surface area contributed by atoms with Crippen LogP contribution in [0.25, 0.3) is 0 Å². The number of ether oxygens (including phenoxy) is 1. The number of hydrogen-bond acceptors (Lipinski definition) is 3. The second-order valence-corrected chi connectivity index (χ2v) is 3.75. The van der Waals surface area contributed by atoms with E-state index in [2.05, 4.69) is 10.3 Å². The van der Waals surface area contributed by atoms with Crippen molar-refractivity contribution in [2.45, 2.75) is 13.8 Å². The largest absolute Gasteiger partial charge is 0.437 e. The summed E-state index contributed by atoms with van der Waals surface area (Å²) in [5, 5.41) is 3.23. The number of nitrogens with zero attached hydrogens (tertiary/aromatic N) is 1. The average molecular weight is 228 g/mol. The summed E-state index contributed by atoms with van der Waals surface area (Å²) in [4.78, 5) is 4.25. The van der Waals surface area contributed by atoms with Crippen molar-refractivity contribution in [3.63, 3.8) is 0 Å². The smallest absolute Gasteiger partial charge is 0.242 e. The highest BCUT2D eigenvalue weighted by atomic mass is 16.5. The van der Waals surface area contributed by atoms with Crippen molar-refractivity contribution in [3.8, 4) is 11.6 Å². The van der Waals surface area contributed by atoms with E-state index in [1.54, 1.807) is 6.20 Å². The monoisotopic (exact) mass is 228 g/mol. The van der Waals surface area contributed by atoms with Crippen LogP contribution in [0, 0.1) is 6.92 Å². The van der Waals surface area contributed by atoms with Crippen LogP contribution >= 0.6 is 0 Å². The lowest BCUT2D eigenvalue weighted by Crippen LogP contribution is -2.00. The molecule has 0 aliphatic rings. The first-order valence-corrected chi connectivity index (χ1v) is 5.73. The Bertz CT molecular complexity index is 497. The lowest BCUT2D eigenvalue weighted by Gasteiger charge is -2.11. The number of pyridine rings is 1. The van der Waals surface area contributed by atoms with Gasteiger partial charge in [0.2, 0.25) is 5.88 Å². The third-order valence-corrected chi connectivity index (χ3v) is 2.44. The van der Waals surface area contributed by atoms with Crippen molar-refractivity contribution < 1.29 is 4.74 Å². The molecule has 0 aliphatic carbocycles. The van der Waals surface area contributed by atoms with Gasteiger partial charge in [0.05, 0.1) is 5.69 Å². The van der Waals surface area contributed by atoms with Gasteiger partial charge in [0.25, 0.3) is 0 Å². The normalized spacial score (nSPS) is 10.0. The zero-order valence-corrected chi connectivity index (χ0v) is 10.1. The molecular formula is C14H16N2O. The van der Waals surface area contributed by atoms with E-state index in [0.717, 1.165) is 23.5 Å². The van der Waals surface area contributed by atoms with E-state index in [0.29, 0.717) is 5.88 Å². The van der Waals surface area contributed by atoms with Crippen LogP contribution in [0.1, 0.15) is 12.5 Å². The Morgan fingerprint density at radius 3 is 2.76 bits per heavy atom. The van der Waals surface area contributed by atoms with Gasteiger partial charge in [0.15, 0.2) is 0 Å². The maximum absolute atomic E-state index is 5.82. The van der Waals surface area contributed by atoms with Crippen molar-refractivity contribution in [2.75, 3.05) is 11.9 Å². The highest BCUT2D eigenvalue weighted by Crippen LogP contribution is 2.28. The molecule has 0 saturated heterocycles. The Morgan fingerprint density at radius 1 is 1.18 bits per heavy atom. The second kappa shape index (κ2) is 5.34. The lowest BCUT2D eigenvalue weighted by atomic mass is 10.2. The molecule has 0 bridgehead atoms. The fourth-order valence-electron chi connectivity index (χ4n) is 1.57. The molecule has 1 aromatic carbocycles. The Morgan fingerprint density at radius 2 is 2.00 bits per heavy atom. The lowest BCUT2D eigenvalue weighted by molar-refractivity contribution is 0.461. The number of para-hydroxylation sites is 1. The number of benzene rings is 1. The molecule has 2 aromatic rings. The van der Waals surface area contributed by atoms with Gasteiger partial charge in [0.1, 0.15) is 5.75 Å². The molecule has 0 spiro atoms. The minimum absolute atomic E-state index is 0.614. The third kappa shape index (κ3) is 2.75. The second-order valence-electron chi connectivity index (χ2n) is 3.75. The Balaban J connectivity index is 2.27. The van der Waals surface area contributed by atoms with Gasteiger partial charge in [-0.25, -0.2) is 4.98 Å². The molecule has 17 heavy (non-hydrogen) atoms. The van der Waals surface area contributed by atoms with Crippen molar-refractivity contribution in [2.24, 2.45) is 0 Å². The van der Waals surface area contributed by atoms with Crippen LogP contribution in [0.4, 0.5) is 5.69 Å². The Kier molecular flexibility index (Phi) is 3.60. The molecule has 3 nitrogen and oxygen atoms in total. The predicted octanol–water partition coefficient (Wildman–Crippen LogP) is 3.61. The first-order valence-electron chi connectivity index (χ1n) is 5.73. The first kappa shape index (κ1) is 11.5. The van der Waals surface area contributed by atoms with Crippen LogP contribution < -0.4 is 10.1 Å². The quantitative estimate of drug-likeness (QED) is 0.868. The zero-order chi connectivity index (χ0) is 12.1. The Labute approximate surface area is 101 Å². The van der Waals surface area contributed by atoms with Gasteiger partial charge in [-0.2, -0.15) is 0 Å². The van der Waals surface area contributed by atoms with E-state index in [1.165, 1.54) is 0 Å². The summed E-state index contributed by atoms with van der Waals surface area (Å²) in [6.45, 7) is 4.91. The fourth-order valence-corrected chi connectivity index (χ4v) is 1.57. The van der Waals surface area contributed by atoms with Crippen LogP contribution in [-0.4, -0.2) is 11.5 Å². The maximum atomic E-state index is 5.82. The zero-order valence-electron chi connectivity index (χ0n) is 10.1. The molecule has 2 rings (SSSR count). The van der Waals surface area contributed by atoms with E-state index in [1.807, 2.05) is 50.2 Å². The number of aromatic nitrogens is 1. The fraction of sp³-hybridized carbons (Fsp3) is 0.214. The summed E-state index contributed by atoms with van der Waals surface area (Å²) in [6, 6.07) is 11.8. The number of hydrogen-bond donors (Lipinski definition) is 1. The molecule has 0 amide bonds. The van der Waals surface area contributed by atoms with Crippen LogP contribution in [0.3, 0.4) is 0 Å². The number of rotatable bonds is 4. The van der Waals surface area contributed by atoms with E-state index < -0.39 is 0 Å². The molecule has 0 unspecified atom stereocenters. The van der Waals surface area contributed by atoms with Gasteiger partial charge in [0, 0.05) is 12.7 Å². The third-order valence-electron chi connectivity index (χ3n) is 2.44. The van der Waals surface area contributed by atoms with Crippen molar-refractivity contribution in [1.29, 1.82) is 0 Å². The maximum Gasteiger partial charge on any atom is 0.242 e. The van der Waals surface area contributed by atoms with Crippen molar-refractivity contribution in [3.05, 3.63) is 48.2 Å². The van der Waals surface area contributed by atoms with Crippen LogP contribution in [0.5, 0.6) is 11.6 Å². The van der Waals surface area contributed by atoms with E-state index in [-0.39, 0.29) is 0 Å². The molecule has 1 aromatic heterocycles. The molecule has 0 atom stereocenters.